The van der Waals surface area contributed by atoms with Crippen molar-refractivity contribution in [3.8, 4) is 5.75 Å². The summed E-state index contributed by atoms with van der Waals surface area (Å²) < 4.78 is 35.7. The fourth-order valence-corrected chi connectivity index (χ4v) is 5.40. The molecule has 1 aliphatic heterocycles. The number of rotatable bonds is 8. The lowest BCUT2D eigenvalue weighted by molar-refractivity contribution is 0.0376. The first kappa shape index (κ1) is 26.4. The molecule has 2 heterocycles. The molecule has 0 unspecified atom stereocenters. The molecular formula is C23H28ClN3O5S2. The van der Waals surface area contributed by atoms with Crippen LogP contribution in [0.4, 0.5) is 5.13 Å². The zero-order valence-electron chi connectivity index (χ0n) is 19.1. The Morgan fingerprint density at radius 2 is 1.97 bits per heavy atom. The summed E-state index contributed by atoms with van der Waals surface area (Å²) in [4.78, 5) is 22.3. The van der Waals surface area contributed by atoms with Crippen molar-refractivity contribution >= 4 is 54.8 Å². The number of aromatic nitrogens is 1. The molecule has 0 saturated carbocycles. The van der Waals surface area contributed by atoms with E-state index in [-0.39, 0.29) is 23.2 Å². The van der Waals surface area contributed by atoms with Gasteiger partial charge in [0.1, 0.15) is 5.75 Å². The van der Waals surface area contributed by atoms with Crippen molar-refractivity contribution in [2.24, 2.45) is 0 Å². The van der Waals surface area contributed by atoms with Crippen molar-refractivity contribution < 1.29 is 22.7 Å². The fraction of sp³-hybridized carbons (Fsp3) is 0.391. The number of carbonyl (C=O) groups is 1. The highest BCUT2D eigenvalue weighted by molar-refractivity contribution is 7.90. The van der Waals surface area contributed by atoms with Gasteiger partial charge in [-0.15, -0.1) is 12.4 Å². The van der Waals surface area contributed by atoms with Crippen LogP contribution in [-0.2, 0) is 14.6 Å². The molecule has 0 aliphatic carbocycles. The number of halogens is 1. The van der Waals surface area contributed by atoms with Crippen LogP contribution < -0.4 is 9.64 Å². The smallest absolute Gasteiger partial charge is 0.260 e. The lowest BCUT2D eigenvalue weighted by Gasteiger charge is -2.27. The van der Waals surface area contributed by atoms with Crippen LogP contribution in [0.15, 0.2) is 47.4 Å². The molecule has 0 radical (unpaired) electrons. The van der Waals surface area contributed by atoms with Crippen molar-refractivity contribution in [2.45, 2.75) is 11.3 Å². The number of sulfone groups is 1. The highest BCUT2D eigenvalue weighted by Gasteiger charge is 2.23. The van der Waals surface area contributed by atoms with E-state index in [1.165, 1.54) is 23.5 Å². The Labute approximate surface area is 209 Å². The Bertz CT molecular complexity index is 1240. The Kier molecular flexibility index (Phi) is 8.89. The van der Waals surface area contributed by atoms with E-state index in [1.54, 1.807) is 24.1 Å². The summed E-state index contributed by atoms with van der Waals surface area (Å²) in [6, 6.07) is 11.8. The lowest BCUT2D eigenvalue weighted by atomic mass is 10.2. The molecule has 11 heteroatoms. The molecule has 1 fully saturated rings. The van der Waals surface area contributed by atoms with Gasteiger partial charge in [-0.2, -0.15) is 0 Å². The van der Waals surface area contributed by atoms with Crippen LogP contribution in [0, 0.1) is 0 Å². The van der Waals surface area contributed by atoms with Crippen LogP contribution in [0.2, 0.25) is 0 Å². The molecule has 1 aliphatic rings. The highest BCUT2D eigenvalue weighted by Crippen LogP contribution is 2.32. The van der Waals surface area contributed by atoms with Crippen LogP contribution in [0.25, 0.3) is 10.2 Å². The zero-order chi connectivity index (χ0) is 23.4. The van der Waals surface area contributed by atoms with Crippen molar-refractivity contribution in [3.63, 3.8) is 0 Å². The Hall–Kier alpha value is -2.24. The van der Waals surface area contributed by atoms with Crippen LogP contribution >= 0.6 is 23.7 Å². The molecule has 34 heavy (non-hydrogen) atoms. The third-order valence-electron chi connectivity index (χ3n) is 5.53. The maximum absolute atomic E-state index is 13.5. The number of amides is 1. The number of benzene rings is 2. The first-order valence-electron chi connectivity index (χ1n) is 10.7. The summed E-state index contributed by atoms with van der Waals surface area (Å²) in [5.74, 6) is 0.456. The number of methoxy groups -OCH3 is 1. The number of fused-ring (bicyclic) bond motifs is 1. The van der Waals surface area contributed by atoms with E-state index < -0.39 is 9.84 Å². The molecule has 0 spiro atoms. The number of ether oxygens (including phenoxy) is 2. The van der Waals surface area contributed by atoms with Gasteiger partial charge >= 0.3 is 0 Å². The van der Waals surface area contributed by atoms with Crippen LogP contribution in [0.3, 0.4) is 0 Å². The third-order valence-corrected chi connectivity index (χ3v) is 7.68. The topological polar surface area (TPSA) is 89.0 Å². The summed E-state index contributed by atoms with van der Waals surface area (Å²) in [5, 5.41) is 0.579. The van der Waals surface area contributed by atoms with Gasteiger partial charge in [-0.25, -0.2) is 13.4 Å². The van der Waals surface area contributed by atoms with E-state index in [4.69, 9.17) is 9.47 Å². The first-order chi connectivity index (χ1) is 15.8. The molecule has 184 valence electrons. The Morgan fingerprint density at radius 3 is 2.68 bits per heavy atom. The van der Waals surface area contributed by atoms with Crippen molar-refractivity contribution in [1.29, 1.82) is 0 Å². The second-order valence-corrected chi connectivity index (χ2v) is 10.9. The average Bonchev–Trinajstić information content (AvgIpc) is 3.24. The minimum Gasteiger partial charge on any atom is -0.497 e. The van der Waals surface area contributed by atoms with E-state index >= 15 is 0 Å². The molecule has 4 rings (SSSR count). The van der Waals surface area contributed by atoms with E-state index in [9.17, 15) is 13.2 Å². The summed E-state index contributed by atoms with van der Waals surface area (Å²) in [5.41, 5.74) is 1.10. The van der Waals surface area contributed by atoms with Crippen LogP contribution in [0.1, 0.15) is 16.8 Å². The van der Waals surface area contributed by atoms with E-state index in [2.05, 4.69) is 9.88 Å². The van der Waals surface area contributed by atoms with E-state index in [0.717, 1.165) is 61.5 Å². The van der Waals surface area contributed by atoms with Gasteiger partial charge in [0.15, 0.2) is 15.0 Å². The molecule has 0 bridgehead atoms. The number of carbonyl (C=O) groups excluding carboxylic acids is 1. The average molecular weight is 526 g/mol. The number of anilines is 1. The van der Waals surface area contributed by atoms with Gasteiger partial charge in [0, 0.05) is 38.0 Å². The minimum atomic E-state index is -3.43. The Morgan fingerprint density at radius 1 is 1.21 bits per heavy atom. The van der Waals surface area contributed by atoms with Crippen molar-refractivity contribution in [1.82, 2.24) is 9.88 Å². The van der Waals surface area contributed by atoms with Crippen LogP contribution in [-0.4, -0.2) is 77.0 Å². The predicted molar refractivity (Wildman–Crippen MR) is 137 cm³/mol. The maximum Gasteiger partial charge on any atom is 0.260 e. The molecule has 1 amide bonds. The number of hydrogen-bond acceptors (Lipinski definition) is 8. The van der Waals surface area contributed by atoms with E-state index in [0.29, 0.717) is 17.2 Å². The second-order valence-electron chi connectivity index (χ2n) is 7.89. The summed E-state index contributed by atoms with van der Waals surface area (Å²) in [7, 11) is -1.81. The largest absolute Gasteiger partial charge is 0.497 e. The quantitative estimate of drug-likeness (QED) is 0.444. The molecule has 0 atom stereocenters. The minimum absolute atomic E-state index is 0. The number of thiazole rings is 1. The zero-order valence-corrected chi connectivity index (χ0v) is 21.5. The second kappa shape index (κ2) is 11.5. The van der Waals surface area contributed by atoms with Crippen molar-refractivity contribution in [2.75, 3.05) is 57.7 Å². The van der Waals surface area contributed by atoms with Gasteiger partial charge < -0.3 is 9.47 Å². The first-order valence-corrected chi connectivity index (χ1v) is 13.4. The van der Waals surface area contributed by atoms with E-state index in [1.807, 2.05) is 18.2 Å². The number of nitrogens with zero attached hydrogens (tertiary/aromatic N) is 3. The van der Waals surface area contributed by atoms with Crippen molar-refractivity contribution in [3.05, 3.63) is 48.0 Å². The standard InChI is InChI=1S/C23H27N3O5S2.ClH/c1-30-18-7-8-20-21(16-18)32-23(24-20)26(10-4-9-25-11-13-31-14-12-25)22(27)17-5-3-6-19(15-17)33(2,28)29;/h3,5-8,15-16H,4,9-14H2,1-2H3;1H. The number of hydrogen-bond donors (Lipinski definition) is 0. The molecule has 1 aromatic heterocycles. The normalized spacial score (nSPS) is 14.5. The van der Waals surface area contributed by atoms with Gasteiger partial charge in [0.05, 0.1) is 35.4 Å². The fourth-order valence-electron chi connectivity index (χ4n) is 3.71. The molecule has 0 N–H and O–H groups in total. The SMILES string of the molecule is COc1ccc2nc(N(CCCN3CCOCC3)C(=O)c3cccc(S(C)(=O)=O)c3)sc2c1.Cl. The summed E-state index contributed by atoms with van der Waals surface area (Å²) in [6.45, 7) is 4.52. The lowest BCUT2D eigenvalue weighted by Crippen LogP contribution is -2.39. The van der Waals surface area contributed by atoms with Gasteiger partial charge in [0.2, 0.25) is 0 Å². The van der Waals surface area contributed by atoms with Gasteiger partial charge in [0.25, 0.3) is 5.91 Å². The Balaban J connectivity index is 0.00000324. The summed E-state index contributed by atoms with van der Waals surface area (Å²) >= 11 is 1.42. The number of morpholine rings is 1. The monoisotopic (exact) mass is 525 g/mol. The predicted octanol–water partition coefficient (Wildman–Crippen LogP) is 3.50. The molecule has 8 nitrogen and oxygen atoms in total. The highest BCUT2D eigenvalue weighted by atomic mass is 35.5. The van der Waals surface area contributed by atoms with Gasteiger partial charge in [-0.1, -0.05) is 17.4 Å². The third kappa shape index (κ3) is 6.25. The maximum atomic E-state index is 13.5. The molecule has 3 aromatic rings. The molecule has 2 aromatic carbocycles. The summed E-state index contributed by atoms with van der Waals surface area (Å²) in [6.07, 6.45) is 1.90. The van der Waals surface area contributed by atoms with Gasteiger partial charge in [-0.3, -0.25) is 14.6 Å². The molecule has 1 saturated heterocycles. The van der Waals surface area contributed by atoms with Gasteiger partial charge in [-0.05, 0) is 42.8 Å². The molecular weight excluding hydrogens is 498 g/mol. The van der Waals surface area contributed by atoms with Crippen LogP contribution in [0.5, 0.6) is 5.75 Å².